The highest BCUT2D eigenvalue weighted by molar-refractivity contribution is 6.63. The van der Waals surface area contributed by atoms with Crippen LogP contribution in [0.3, 0.4) is 0 Å². The molecule has 0 N–H and O–H groups in total. The third kappa shape index (κ3) is 5.40. The van der Waals surface area contributed by atoms with E-state index in [1.165, 1.54) is 37.3 Å². The van der Waals surface area contributed by atoms with Crippen molar-refractivity contribution in [1.82, 2.24) is 0 Å². The molecular formula is C11H21Si. The Hall–Kier alpha value is -0.263. The van der Waals surface area contributed by atoms with Crippen LogP contribution < -0.4 is 0 Å². The van der Waals surface area contributed by atoms with Gasteiger partial charge >= 0.3 is 0 Å². The Labute approximate surface area is 79.0 Å². The van der Waals surface area contributed by atoms with Crippen LogP contribution in [0.4, 0.5) is 0 Å². The summed E-state index contributed by atoms with van der Waals surface area (Å²) in [5, 5.41) is 1.50. The molecule has 0 atom stereocenters. The molecule has 0 aromatic rings. The van der Waals surface area contributed by atoms with Gasteiger partial charge in [-0.1, -0.05) is 45.9 Å². The Morgan fingerprint density at radius 3 is 2.33 bits per heavy atom. The van der Waals surface area contributed by atoms with Gasteiger partial charge in [0.1, 0.15) is 0 Å². The third-order valence-corrected chi connectivity index (χ3v) is 3.73. The van der Waals surface area contributed by atoms with Crippen molar-refractivity contribution < 1.29 is 0 Å². The van der Waals surface area contributed by atoms with Crippen LogP contribution in [-0.4, -0.2) is 8.80 Å². The monoisotopic (exact) mass is 181 g/mol. The smallest absolute Gasteiger partial charge is 0.0841 e. The summed E-state index contributed by atoms with van der Waals surface area (Å²) >= 11 is 0. The van der Waals surface area contributed by atoms with Gasteiger partial charge in [-0.25, -0.2) is 0 Å². The van der Waals surface area contributed by atoms with E-state index >= 15 is 0 Å². The Balaban J connectivity index is 3.54. The molecule has 0 fully saturated rings. The van der Waals surface area contributed by atoms with Gasteiger partial charge in [-0.2, -0.15) is 0 Å². The Kier molecular flexibility index (Phi) is 7.23. The van der Waals surface area contributed by atoms with Crippen LogP contribution in [0.15, 0.2) is 17.5 Å². The van der Waals surface area contributed by atoms with Crippen LogP contribution in [-0.2, 0) is 0 Å². The first-order valence-electron chi connectivity index (χ1n) is 4.91. The molecule has 0 amide bonds. The van der Waals surface area contributed by atoms with E-state index in [9.17, 15) is 0 Å². The van der Waals surface area contributed by atoms with Gasteiger partial charge in [0.2, 0.25) is 0 Å². The van der Waals surface area contributed by atoms with Crippen molar-refractivity contribution in [2.75, 3.05) is 0 Å². The zero-order valence-electron chi connectivity index (χ0n) is 8.74. The van der Waals surface area contributed by atoms with Gasteiger partial charge < -0.3 is 0 Å². The van der Waals surface area contributed by atoms with Crippen LogP contribution in [0.1, 0.15) is 39.0 Å². The molecule has 0 aliphatic heterocycles. The Morgan fingerprint density at radius 1 is 1.25 bits per heavy atom. The second-order valence-electron chi connectivity index (χ2n) is 3.47. The van der Waals surface area contributed by atoms with E-state index in [2.05, 4.69) is 32.3 Å². The highest BCUT2D eigenvalue weighted by atomic mass is 28.3. The minimum Gasteiger partial charge on any atom is -0.134 e. The van der Waals surface area contributed by atoms with Crippen molar-refractivity contribution in [2.24, 2.45) is 0 Å². The van der Waals surface area contributed by atoms with Crippen molar-refractivity contribution in [1.29, 1.82) is 0 Å². The van der Waals surface area contributed by atoms with Gasteiger partial charge in [0.15, 0.2) is 0 Å². The first kappa shape index (κ1) is 11.7. The molecule has 0 spiro atoms. The van der Waals surface area contributed by atoms with E-state index in [0.29, 0.717) is 0 Å². The molecule has 0 bridgehead atoms. The summed E-state index contributed by atoms with van der Waals surface area (Å²) < 4.78 is 0. The van der Waals surface area contributed by atoms with E-state index < -0.39 is 0 Å². The van der Waals surface area contributed by atoms with E-state index in [1.54, 1.807) is 0 Å². The van der Waals surface area contributed by atoms with Crippen LogP contribution in [0.25, 0.3) is 0 Å². The van der Waals surface area contributed by atoms with Gasteiger partial charge in [0.05, 0.1) is 8.80 Å². The van der Waals surface area contributed by atoms with Crippen LogP contribution in [0, 0.1) is 0 Å². The van der Waals surface area contributed by atoms with Crippen molar-refractivity contribution >= 4 is 8.80 Å². The molecule has 0 heterocycles. The maximum Gasteiger partial charge on any atom is 0.0841 e. The molecule has 0 nitrogen and oxygen atoms in total. The molecule has 0 aliphatic carbocycles. The predicted octanol–water partition coefficient (Wildman–Crippen LogP) is 3.96. The van der Waals surface area contributed by atoms with E-state index in [4.69, 9.17) is 0 Å². The minimum absolute atomic E-state index is 0.268. The molecular weight excluding hydrogens is 160 g/mol. The normalized spacial score (nSPS) is 10.0. The van der Waals surface area contributed by atoms with Crippen LogP contribution in [0.2, 0.25) is 13.1 Å². The third-order valence-electron chi connectivity index (χ3n) is 2.10. The van der Waals surface area contributed by atoms with Crippen molar-refractivity contribution in [3.05, 3.63) is 17.5 Å². The average molecular weight is 181 g/mol. The zero-order chi connectivity index (χ0) is 9.40. The fraction of sp³-hybridized carbons (Fsp3) is 0.727. The van der Waals surface area contributed by atoms with Crippen molar-refractivity contribution in [3.63, 3.8) is 0 Å². The van der Waals surface area contributed by atoms with Gasteiger partial charge in [-0.05, 0) is 18.0 Å². The topological polar surface area (TPSA) is 0 Å². The molecule has 0 aromatic heterocycles. The summed E-state index contributed by atoms with van der Waals surface area (Å²) in [6, 6.07) is 0. The molecule has 0 saturated heterocycles. The van der Waals surface area contributed by atoms with Crippen molar-refractivity contribution in [3.8, 4) is 0 Å². The van der Waals surface area contributed by atoms with Gasteiger partial charge in [-0.15, -0.1) is 5.73 Å². The molecule has 0 aliphatic rings. The van der Waals surface area contributed by atoms with E-state index in [-0.39, 0.29) is 8.80 Å². The lowest BCUT2D eigenvalue weighted by Gasteiger charge is -2.06. The molecule has 12 heavy (non-hydrogen) atoms. The van der Waals surface area contributed by atoms with Gasteiger partial charge in [0, 0.05) is 0 Å². The molecule has 1 heteroatoms. The summed E-state index contributed by atoms with van der Waals surface area (Å²) in [6.45, 7) is 10.6. The zero-order valence-corrected chi connectivity index (χ0v) is 9.74. The quantitative estimate of drug-likeness (QED) is 0.330. The van der Waals surface area contributed by atoms with Crippen LogP contribution in [0.5, 0.6) is 0 Å². The lowest BCUT2D eigenvalue weighted by molar-refractivity contribution is 0.671. The minimum atomic E-state index is -0.268. The maximum absolute atomic E-state index is 3.74. The highest BCUT2D eigenvalue weighted by Crippen LogP contribution is 2.11. The standard InChI is InChI=1S/C11H21Si/c1-5-7-8-9-10-11(6-2)12(3)4/h2,5,7-10H2,1,3-4H3. The maximum atomic E-state index is 3.74. The Morgan fingerprint density at radius 2 is 1.92 bits per heavy atom. The summed E-state index contributed by atoms with van der Waals surface area (Å²) in [5.41, 5.74) is 3.09. The van der Waals surface area contributed by atoms with Gasteiger partial charge in [-0.3, -0.25) is 0 Å². The number of allylic oxidation sites excluding steroid dienone is 1. The lowest BCUT2D eigenvalue weighted by atomic mass is 10.1. The summed E-state index contributed by atoms with van der Waals surface area (Å²) in [5.74, 6) is 0. The molecule has 69 valence electrons. The van der Waals surface area contributed by atoms with Gasteiger partial charge in [0.25, 0.3) is 0 Å². The second kappa shape index (κ2) is 7.39. The SMILES string of the molecule is C=C=C(CCCCCC)[Si](C)C. The molecule has 0 rings (SSSR count). The summed E-state index contributed by atoms with van der Waals surface area (Å²) in [7, 11) is -0.268. The number of unbranched alkanes of at least 4 members (excludes halogenated alkanes) is 3. The fourth-order valence-electron chi connectivity index (χ4n) is 1.24. The molecule has 0 aromatic carbocycles. The number of rotatable bonds is 6. The molecule has 0 saturated carbocycles. The Bertz CT molecular complexity index is 152. The first-order valence-corrected chi connectivity index (χ1v) is 7.41. The largest absolute Gasteiger partial charge is 0.134 e. The molecule has 1 radical (unpaired) electrons. The first-order chi connectivity index (χ1) is 5.72. The van der Waals surface area contributed by atoms with Crippen LogP contribution >= 0.6 is 0 Å². The lowest BCUT2D eigenvalue weighted by Crippen LogP contribution is -2.04. The highest BCUT2D eigenvalue weighted by Gasteiger charge is 2.02. The predicted molar refractivity (Wildman–Crippen MR) is 58.9 cm³/mol. The average Bonchev–Trinajstić information content (AvgIpc) is 2.04. The summed E-state index contributed by atoms with van der Waals surface area (Å²) in [6.07, 6.45) is 6.65. The fourth-order valence-corrected chi connectivity index (χ4v) is 2.27. The number of hydrogen-bond acceptors (Lipinski definition) is 0. The molecule has 0 unspecified atom stereocenters. The summed E-state index contributed by atoms with van der Waals surface area (Å²) in [4.78, 5) is 0. The van der Waals surface area contributed by atoms with Crippen molar-refractivity contribution in [2.45, 2.75) is 52.1 Å². The number of hydrogen-bond donors (Lipinski definition) is 0. The second-order valence-corrected chi connectivity index (χ2v) is 6.07. The van der Waals surface area contributed by atoms with E-state index in [1.807, 2.05) is 0 Å². The van der Waals surface area contributed by atoms with E-state index in [0.717, 1.165) is 0 Å².